The van der Waals surface area contributed by atoms with Gasteiger partial charge in [-0.1, -0.05) is 0 Å². The molecule has 0 aliphatic heterocycles. The largest absolute Gasteiger partial charge is 0.381 e. The van der Waals surface area contributed by atoms with E-state index >= 15 is 0 Å². The lowest BCUT2D eigenvalue weighted by Gasteiger charge is -2.07. The molecular weight excluding hydrogens is 262 g/mol. The van der Waals surface area contributed by atoms with Gasteiger partial charge in [0.1, 0.15) is 0 Å². The smallest absolute Gasteiger partial charge is 0.229 e. The van der Waals surface area contributed by atoms with Crippen molar-refractivity contribution in [2.45, 2.75) is 6.54 Å². The number of hydrogen-bond acceptors (Lipinski definition) is 3. The lowest BCUT2D eigenvalue weighted by atomic mass is 10.2. The van der Waals surface area contributed by atoms with Crippen molar-refractivity contribution in [2.24, 2.45) is 7.05 Å². The number of nitrogens with one attached hydrogen (secondary N) is 2. The summed E-state index contributed by atoms with van der Waals surface area (Å²) in [4.78, 5) is 0. The van der Waals surface area contributed by atoms with Crippen LogP contribution in [-0.2, 0) is 23.6 Å². The molecule has 1 aromatic heterocycles. The minimum atomic E-state index is -3.22. The Balaban J connectivity index is 1.95. The van der Waals surface area contributed by atoms with E-state index in [2.05, 4.69) is 10.0 Å². The fraction of sp³-hybridized carbons (Fsp3) is 0.231. The summed E-state index contributed by atoms with van der Waals surface area (Å²) in [6.07, 6.45) is 5.18. The first-order valence-corrected chi connectivity index (χ1v) is 7.74. The number of benzene rings is 1. The van der Waals surface area contributed by atoms with Crippen LogP contribution < -0.4 is 10.0 Å². The average molecular weight is 279 g/mol. The predicted octanol–water partition coefficient (Wildman–Crippen LogP) is 2.01. The zero-order valence-corrected chi connectivity index (χ0v) is 11.7. The number of anilines is 2. The van der Waals surface area contributed by atoms with E-state index in [4.69, 9.17) is 0 Å². The topological polar surface area (TPSA) is 63.1 Å². The predicted molar refractivity (Wildman–Crippen MR) is 77.6 cm³/mol. The molecule has 2 rings (SSSR count). The highest BCUT2D eigenvalue weighted by Gasteiger charge is 2.01. The van der Waals surface area contributed by atoms with Crippen LogP contribution in [0.15, 0.2) is 42.7 Å². The maximum absolute atomic E-state index is 11.1. The van der Waals surface area contributed by atoms with Gasteiger partial charge in [0.15, 0.2) is 0 Å². The minimum absolute atomic E-state index is 0.563. The minimum Gasteiger partial charge on any atom is -0.381 e. The summed E-state index contributed by atoms with van der Waals surface area (Å²) < 4.78 is 26.6. The summed E-state index contributed by atoms with van der Waals surface area (Å²) in [6.45, 7) is 0.736. The van der Waals surface area contributed by atoms with Gasteiger partial charge in [-0.25, -0.2) is 8.42 Å². The molecule has 5 nitrogen and oxygen atoms in total. The third-order valence-corrected chi connectivity index (χ3v) is 3.18. The van der Waals surface area contributed by atoms with Crippen molar-refractivity contribution in [3.63, 3.8) is 0 Å². The van der Waals surface area contributed by atoms with Crippen molar-refractivity contribution in [3.8, 4) is 0 Å². The Bertz CT molecular complexity index is 645. The number of sulfonamides is 1. The third-order valence-electron chi connectivity index (χ3n) is 2.58. The Morgan fingerprint density at radius 1 is 1.11 bits per heavy atom. The van der Waals surface area contributed by atoms with E-state index in [0.717, 1.165) is 18.5 Å². The molecule has 2 aromatic rings. The summed E-state index contributed by atoms with van der Waals surface area (Å²) in [5.74, 6) is 0. The molecule has 0 atom stereocenters. The fourth-order valence-electron chi connectivity index (χ4n) is 1.74. The maximum atomic E-state index is 11.1. The molecule has 0 amide bonds. The van der Waals surface area contributed by atoms with E-state index in [1.54, 1.807) is 12.1 Å². The second kappa shape index (κ2) is 5.36. The molecule has 19 heavy (non-hydrogen) atoms. The standard InChI is InChI=1S/C13H17N3O2S/c1-16-8-7-11(10-16)9-14-12-3-5-13(6-4-12)15-19(2,17)18/h3-8,10,14-15H,9H2,1-2H3. The molecule has 0 spiro atoms. The number of rotatable bonds is 5. The third kappa shape index (κ3) is 4.33. The second-order valence-electron chi connectivity index (χ2n) is 4.49. The van der Waals surface area contributed by atoms with E-state index in [-0.39, 0.29) is 0 Å². The molecule has 6 heteroatoms. The maximum Gasteiger partial charge on any atom is 0.229 e. The van der Waals surface area contributed by atoms with Crippen LogP contribution in [-0.4, -0.2) is 19.2 Å². The molecule has 1 heterocycles. The van der Waals surface area contributed by atoms with Crippen molar-refractivity contribution in [2.75, 3.05) is 16.3 Å². The van der Waals surface area contributed by atoms with Crippen LogP contribution in [0.25, 0.3) is 0 Å². The molecule has 0 unspecified atom stereocenters. The molecule has 0 aliphatic rings. The van der Waals surface area contributed by atoms with Crippen LogP contribution in [0.3, 0.4) is 0 Å². The first-order valence-electron chi connectivity index (χ1n) is 5.85. The zero-order valence-electron chi connectivity index (χ0n) is 10.9. The highest BCUT2D eigenvalue weighted by atomic mass is 32.2. The van der Waals surface area contributed by atoms with Crippen molar-refractivity contribution in [1.29, 1.82) is 0 Å². The Labute approximate surface area is 113 Å². The van der Waals surface area contributed by atoms with Gasteiger partial charge in [0.25, 0.3) is 0 Å². The molecule has 0 radical (unpaired) electrons. The first kappa shape index (κ1) is 13.5. The van der Waals surface area contributed by atoms with Gasteiger partial charge in [-0.2, -0.15) is 0 Å². The average Bonchev–Trinajstić information content (AvgIpc) is 2.72. The molecule has 1 aromatic carbocycles. The van der Waals surface area contributed by atoms with Gasteiger partial charge >= 0.3 is 0 Å². The SMILES string of the molecule is Cn1ccc(CNc2ccc(NS(C)(=O)=O)cc2)c1. The molecule has 0 saturated heterocycles. The summed E-state index contributed by atoms with van der Waals surface area (Å²) in [5, 5.41) is 3.27. The van der Waals surface area contributed by atoms with Gasteiger partial charge in [0, 0.05) is 37.4 Å². The quantitative estimate of drug-likeness (QED) is 0.880. The lowest BCUT2D eigenvalue weighted by Crippen LogP contribution is -2.09. The van der Waals surface area contributed by atoms with Gasteiger partial charge in [-0.05, 0) is 35.9 Å². The molecule has 0 fully saturated rings. The Morgan fingerprint density at radius 2 is 1.74 bits per heavy atom. The molecule has 0 saturated carbocycles. The summed E-state index contributed by atoms with van der Waals surface area (Å²) in [7, 11) is -1.23. The highest BCUT2D eigenvalue weighted by molar-refractivity contribution is 7.92. The normalized spacial score (nSPS) is 11.3. The van der Waals surface area contributed by atoms with E-state index in [0.29, 0.717) is 5.69 Å². The van der Waals surface area contributed by atoms with Crippen molar-refractivity contribution >= 4 is 21.4 Å². The highest BCUT2D eigenvalue weighted by Crippen LogP contribution is 2.15. The van der Waals surface area contributed by atoms with Gasteiger partial charge in [0.2, 0.25) is 10.0 Å². The van der Waals surface area contributed by atoms with E-state index in [1.165, 1.54) is 5.56 Å². The molecule has 2 N–H and O–H groups in total. The monoisotopic (exact) mass is 279 g/mol. The van der Waals surface area contributed by atoms with Crippen LogP contribution in [0.2, 0.25) is 0 Å². The van der Waals surface area contributed by atoms with Crippen LogP contribution in [0.4, 0.5) is 11.4 Å². The summed E-state index contributed by atoms with van der Waals surface area (Å²) >= 11 is 0. The van der Waals surface area contributed by atoms with Crippen molar-refractivity contribution in [3.05, 3.63) is 48.3 Å². The summed E-state index contributed by atoms with van der Waals surface area (Å²) in [6, 6.07) is 9.20. The molecule has 102 valence electrons. The second-order valence-corrected chi connectivity index (χ2v) is 6.24. The van der Waals surface area contributed by atoms with Crippen LogP contribution >= 0.6 is 0 Å². The molecule has 0 bridgehead atoms. The molecule has 0 aliphatic carbocycles. The zero-order chi connectivity index (χ0) is 13.9. The van der Waals surface area contributed by atoms with Crippen LogP contribution in [0.5, 0.6) is 0 Å². The van der Waals surface area contributed by atoms with Gasteiger partial charge in [0.05, 0.1) is 6.26 Å². The lowest BCUT2D eigenvalue weighted by molar-refractivity contribution is 0.607. The number of nitrogens with zero attached hydrogens (tertiary/aromatic N) is 1. The Morgan fingerprint density at radius 3 is 2.26 bits per heavy atom. The number of hydrogen-bond donors (Lipinski definition) is 2. The first-order chi connectivity index (χ1) is 8.92. The summed E-state index contributed by atoms with van der Waals surface area (Å²) in [5.41, 5.74) is 2.71. The van der Waals surface area contributed by atoms with E-state index < -0.39 is 10.0 Å². The Hall–Kier alpha value is -1.95. The van der Waals surface area contributed by atoms with E-state index in [1.807, 2.05) is 42.2 Å². The van der Waals surface area contributed by atoms with Crippen LogP contribution in [0, 0.1) is 0 Å². The fourth-order valence-corrected chi connectivity index (χ4v) is 2.30. The van der Waals surface area contributed by atoms with E-state index in [9.17, 15) is 8.42 Å². The van der Waals surface area contributed by atoms with Gasteiger partial charge in [-0.15, -0.1) is 0 Å². The van der Waals surface area contributed by atoms with Crippen molar-refractivity contribution in [1.82, 2.24) is 4.57 Å². The Kier molecular flexibility index (Phi) is 3.80. The van der Waals surface area contributed by atoms with Crippen molar-refractivity contribution < 1.29 is 8.42 Å². The van der Waals surface area contributed by atoms with Gasteiger partial charge in [-0.3, -0.25) is 4.72 Å². The molecular formula is C13H17N3O2S. The number of aryl methyl sites for hydroxylation is 1. The van der Waals surface area contributed by atoms with Crippen LogP contribution in [0.1, 0.15) is 5.56 Å². The van der Waals surface area contributed by atoms with Gasteiger partial charge < -0.3 is 9.88 Å². The number of aromatic nitrogens is 1.